The van der Waals surface area contributed by atoms with Gasteiger partial charge in [0.2, 0.25) is 0 Å². The monoisotopic (exact) mass is 223 g/mol. The van der Waals surface area contributed by atoms with Gasteiger partial charge in [-0.25, -0.2) is 0 Å². The summed E-state index contributed by atoms with van der Waals surface area (Å²) in [7, 11) is 0. The van der Waals surface area contributed by atoms with Crippen LogP contribution in [0, 0.1) is 6.92 Å². The molecule has 3 heteroatoms. The molecule has 90 valence electrons. The molecule has 1 aromatic heterocycles. The molecule has 1 fully saturated rings. The highest BCUT2D eigenvalue weighted by Gasteiger charge is 2.24. The predicted molar refractivity (Wildman–Crippen MR) is 63.2 cm³/mol. The first-order chi connectivity index (χ1) is 7.81. The summed E-state index contributed by atoms with van der Waals surface area (Å²) in [4.78, 5) is 2.49. The molecular formula is C13H21NO2. The first kappa shape index (κ1) is 11.7. The van der Waals surface area contributed by atoms with E-state index in [0.29, 0.717) is 12.6 Å². The van der Waals surface area contributed by atoms with Gasteiger partial charge in [0.25, 0.3) is 0 Å². The number of hydrogen-bond acceptors (Lipinski definition) is 3. The highest BCUT2D eigenvalue weighted by atomic mass is 16.3. The van der Waals surface area contributed by atoms with Crippen molar-refractivity contribution >= 4 is 0 Å². The highest BCUT2D eigenvalue weighted by Crippen LogP contribution is 2.24. The molecule has 16 heavy (non-hydrogen) atoms. The molecule has 1 aromatic rings. The minimum Gasteiger partial charge on any atom is -0.468 e. The van der Waals surface area contributed by atoms with E-state index in [2.05, 4.69) is 11.8 Å². The zero-order valence-electron chi connectivity index (χ0n) is 9.98. The van der Waals surface area contributed by atoms with Crippen molar-refractivity contribution in [1.29, 1.82) is 0 Å². The quantitative estimate of drug-likeness (QED) is 0.832. The number of aryl methyl sites for hydroxylation is 1. The van der Waals surface area contributed by atoms with Crippen LogP contribution in [0.25, 0.3) is 0 Å². The van der Waals surface area contributed by atoms with Crippen LogP contribution in [0.3, 0.4) is 0 Å². The summed E-state index contributed by atoms with van der Waals surface area (Å²) in [5, 5.41) is 8.88. The molecule has 2 rings (SSSR count). The summed E-state index contributed by atoms with van der Waals surface area (Å²) in [6, 6.07) is 2.66. The minimum absolute atomic E-state index is 0.310. The number of hydrogen-bond donors (Lipinski definition) is 1. The van der Waals surface area contributed by atoms with E-state index in [1.807, 2.05) is 6.07 Å². The SMILES string of the molecule is Cc1ccoc1CN1CCCC1CCCO. The van der Waals surface area contributed by atoms with Crippen molar-refractivity contribution in [2.75, 3.05) is 13.2 Å². The number of aliphatic hydroxyl groups is 1. The number of furan rings is 1. The molecule has 0 aliphatic carbocycles. The third-order valence-electron chi connectivity index (χ3n) is 3.51. The summed E-state index contributed by atoms with van der Waals surface area (Å²) in [5.41, 5.74) is 1.24. The Bertz CT molecular complexity index is 321. The molecule has 1 N–H and O–H groups in total. The zero-order valence-corrected chi connectivity index (χ0v) is 9.98. The Kier molecular flexibility index (Phi) is 4.02. The molecule has 2 heterocycles. The molecule has 1 saturated heterocycles. The first-order valence-electron chi connectivity index (χ1n) is 6.19. The Morgan fingerprint density at radius 2 is 2.44 bits per heavy atom. The second kappa shape index (κ2) is 5.51. The number of rotatable bonds is 5. The normalized spacial score (nSPS) is 21.8. The Morgan fingerprint density at radius 1 is 1.56 bits per heavy atom. The summed E-state index contributed by atoms with van der Waals surface area (Å²) in [5.74, 6) is 1.09. The molecule has 0 amide bonds. The van der Waals surface area contributed by atoms with E-state index in [0.717, 1.165) is 31.7 Å². The van der Waals surface area contributed by atoms with Gasteiger partial charge < -0.3 is 9.52 Å². The average molecular weight is 223 g/mol. The molecule has 0 aromatic carbocycles. The maximum atomic E-state index is 8.88. The molecular weight excluding hydrogens is 202 g/mol. The molecule has 1 aliphatic rings. The Balaban J connectivity index is 1.91. The van der Waals surface area contributed by atoms with Gasteiger partial charge >= 0.3 is 0 Å². The third-order valence-corrected chi connectivity index (χ3v) is 3.51. The summed E-state index contributed by atoms with van der Waals surface area (Å²) in [6.07, 6.45) is 6.33. The van der Waals surface area contributed by atoms with Gasteiger partial charge in [0, 0.05) is 12.6 Å². The van der Waals surface area contributed by atoms with Crippen LogP contribution in [0.5, 0.6) is 0 Å². The highest BCUT2D eigenvalue weighted by molar-refractivity contribution is 5.14. The summed E-state index contributed by atoms with van der Waals surface area (Å²) in [6.45, 7) is 4.49. The largest absolute Gasteiger partial charge is 0.468 e. The third kappa shape index (κ3) is 2.66. The van der Waals surface area contributed by atoms with E-state index in [1.165, 1.54) is 18.4 Å². The Morgan fingerprint density at radius 3 is 3.12 bits per heavy atom. The Labute approximate surface area is 97.1 Å². The fourth-order valence-corrected chi connectivity index (χ4v) is 2.51. The summed E-state index contributed by atoms with van der Waals surface area (Å²) < 4.78 is 5.49. The van der Waals surface area contributed by atoms with Gasteiger partial charge in [-0.2, -0.15) is 0 Å². The molecule has 0 saturated carbocycles. The van der Waals surface area contributed by atoms with Crippen molar-refractivity contribution in [3.63, 3.8) is 0 Å². The smallest absolute Gasteiger partial charge is 0.120 e. The van der Waals surface area contributed by atoms with Gasteiger partial charge in [0.05, 0.1) is 12.8 Å². The summed E-state index contributed by atoms with van der Waals surface area (Å²) >= 11 is 0. The maximum absolute atomic E-state index is 8.88. The van der Waals surface area contributed by atoms with Crippen molar-refractivity contribution in [3.05, 3.63) is 23.7 Å². The van der Waals surface area contributed by atoms with E-state index in [4.69, 9.17) is 9.52 Å². The van der Waals surface area contributed by atoms with Gasteiger partial charge in [-0.3, -0.25) is 4.90 Å². The van der Waals surface area contributed by atoms with E-state index in [9.17, 15) is 0 Å². The number of nitrogens with zero attached hydrogens (tertiary/aromatic N) is 1. The van der Waals surface area contributed by atoms with Crippen LogP contribution < -0.4 is 0 Å². The van der Waals surface area contributed by atoms with Crippen LogP contribution in [-0.2, 0) is 6.54 Å². The molecule has 0 bridgehead atoms. The lowest BCUT2D eigenvalue weighted by Gasteiger charge is -2.23. The van der Waals surface area contributed by atoms with Gasteiger partial charge in [-0.05, 0) is 50.8 Å². The second-order valence-electron chi connectivity index (χ2n) is 4.66. The molecule has 1 aliphatic heterocycles. The molecule has 3 nitrogen and oxygen atoms in total. The predicted octanol–water partition coefficient (Wildman–Crippen LogP) is 2.32. The molecule has 0 radical (unpaired) electrons. The van der Waals surface area contributed by atoms with Crippen molar-refractivity contribution in [2.24, 2.45) is 0 Å². The standard InChI is InChI=1S/C13H21NO2/c1-11-6-9-16-13(11)10-14-7-2-4-12(14)5-3-8-15/h6,9,12,15H,2-5,7-8,10H2,1H3. The molecule has 1 atom stereocenters. The topological polar surface area (TPSA) is 36.6 Å². The van der Waals surface area contributed by atoms with E-state index in [1.54, 1.807) is 6.26 Å². The van der Waals surface area contributed by atoms with Crippen molar-refractivity contribution in [2.45, 2.75) is 45.2 Å². The lowest BCUT2D eigenvalue weighted by Crippen LogP contribution is -2.29. The van der Waals surface area contributed by atoms with Crippen molar-refractivity contribution in [1.82, 2.24) is 4.90 Å². The van der Waals surface area contributed by atoms with E-state index in [-0.39, 0.29) is 0 Å². The number of likely N-dealkylation sites (tertiary alicyclic amines) is 1. The van der Waals surface area contributed by atoms with Crippen LogP contribution in [-0.4, -0.2) is 29.2 Å². The van der Waals surface area contributed by atoms with Crippen LogP contribution in [0.1, 0.15) is 37.0 Å². The first-order valence-corrected chi connectivity index (χ1v) is 6.19. The van der Waals surface area contributed by atoms with Gasteiger partial charge in [0.1, 0.15) is 5.76 Å². The van der Waals surface area contributed by atoms with Crippen LogP contribution in [0.15, 0.2) is 16.7 Å². The van der Waals surface area contributed by atoms with Crippen molar-refractivity contribution < 1.29 is 9.52 Å². The van der Waals surface area contributed by atoms with E-state index < -0.39 is 0 Å². The Hall–Kier alpha value is -0.800. The molecule has 1 unspecified atom stereocenters. The van der Waals surface area contributed by atoms with Crippen LogP contribution >= 0.6 is 0 Å². The molecule has 0 spiro atoms. The average Bonchev–Trinajstić information content (AvgIpc) is 2.87. The number of aliphatic hydroxyl groups excluding tert-OH is 1. The lowest BCUT2D eigenvalue weighted by atomic mass is 10.1. The minimum atomic E-state index is 0.310. The zero-order chi connectivity index (χ0) is 11.4. The van der Waals surface area contributed by atoms with Gasteiger partial charge in [0.15, 0.2) is 0 Å². The van der Waals surface area contributed by atoms with Gasteiger partial charge in [-0.15, -0.1) is 0 Å². The van der Waals surface area contributed by atoms with E-state index >= 15 is 0 Å². The fourth-order valence-electron chi connectivity index (χ4n) is 2.51. The maximum Gasteiger partial charge on any atom is 0.120 e. The second-order valence-corrected chi connectivity index (χ2v) is 4.66. The van der Waals surface area contributed by atoms with Crippen LogP contribution in [0.2, 0.25) is 0 Å². The van der Waals surface area contributed by atoms with Gasteiger partial charge in [-0.1, -0.05) is 0 Å². The van der Waals surface area contributed by atoms with Crippen molar-refractivity contribution in [3.8, 4) is 0 Å². The fraction of sp³-hybridized carbons (Fsp3) is 0.692. The lowest BCUT2D eigenvalue weighted by molar-refractivity contribution is 0.198. The van der Waals surface area contributed by atoms with Crippen LogP contribution in [0.4, 0.5) is 0 Å².